The van der Waals surface area contributed by atoms with Crippen molar-refractivity contribution in [2.75, 3.05) is 5.75 Å². The van der Waals surface area contributed by atoms with Crippen LogP contribution in [0.25, 0.3) is 0 Å². The fourth-order valence-electron chi connectivity index (χ4n) is 3.98. The molecule has 1 unspecified atom stereocenters. The first-order valence-electron chi connectivity index (χ1n) is 11.1. The second kappa shape index (κ2) is 10.1. The molecule has 0 spiro atoms. The molecule has 3 aromatic rings. The second-order valence-electron chi connectivity index (χ2n) is 7.82. The van der Waals surface area contributed by atoms with Gasteiger partial charge >= 0.3 is 6.03 Å². The van der Waals surface area contributed by atoms with E-state index in [0.717, 1.165) is 16.4 Å². The number of carbonyl (C=O) groups excluding carboxylic acids is 3. The summed E-state index contributed by atoms with van der Waals surface area (Å²) in [4.78, 5) is 38.4. The highest BCUT2D eigenvalue weighted by atomic mass is 32.2. The van der Waals surface area contributed by atoms with Gasteiger partial charge in [-0.1, -0.05) is 79.3 Å². The topological polar surface area (TPSA) is 109 Å². The molecule has 1 aromatic heterocycles. The molecule has 4 amide bonds. The van der Waals surface area contributed by atoms with Crippen molar-refractivity contribution < 1.29 is 14.4 Å². The van der Waals surface area contributed by atoms with E-state index in [4.69, 9.17) is 0 Å². The average molecular weight is 479 g/mol. The standard InChI is InChI=1S/C24H26N6O3S/c1-3-24(18-13-9-6-10-14-18)21(32)30(22(33)25-24)28-20(31)16-34-23-27-26-19(29(23)4-2)15-17-11-7-5-8-12-17/h5-14H,3-4,15-16H2,1-2H3,(H,25,33)(H,28,31). The molecule has 10 heteroatoms. The van der Waals surface area contributed by atoms with Gasteiger partial charge in [-0.25, -0.2) is 4.79 Å². The molecule has 1 atom stereocenters. The summed E-state index contributed by atoms with van der Waals surface area (Å²) in [7, 11) is 0. The maximum atomic E-state index is 13.2. The zero-order valence-corrected chi connectivity index (χ0v) is 19.8. The number of carbonyl (C=O) groups is 3. The van der Waals surface area contributed by atoms with Gasteiger partial charge in [0.05, 0.1) is 5.75 Å². The van der Waals surface area contributed by atoms with Crippen molar-refractivity contribution in [1.82, 2.24) is 30.5 Å². The van der Waals surface area contributed by atoms with Crippen molar-refractivity contribution in [3.8, 4) is 0 Å². The van der Waals surface area contributed by atoms with Crippen molar-refractivity contribution in [2.24, 2.45) is 0 Å². The quantitative estimate of drug-likeness (QED) is 0.362. The molecule has 4 rings (SSSR count). The first-order valence-corrected chi connectivity index (χ1v) is 12.1. The highest BCUT2D eigenvalue weighted by Crippen LogP contribution is 2.31. The Labute approximate surface area is 201 Å². The summed E-state index contributed by atoms with van der Waals surface area (Å²) >= 11 is 1.21. The molecular formula is C24H26N6O3S. The van der Waals surface area contributed by atoms with Crippen molar-refractivity contribution in [1.29, 1.82) is 0 Å². The summed E-state index contributed by atoms with van der Waals surface area (Å²) < 4.78 is 1.95. The summed E-state index contributed by atoms with van der Waals surface area (Å²) in [6, 6.07) is 18.3. The van der Waals surface area contributed by atoms with Gasteiger partial charge in [0.25, 0.3) is 5.91 Å². The van der Waals surface area contributed by atoms with Crippen LogP contribution in [0.4, 0.5) is 4.79 Å². The second-order valence-corrected chi connectivity index (χ2v) is 8.77. The number of thioether (sulfide) groups is 1. The normalized spacial score (nSPS) is 17.6. The molecule has 1 aliphatic heterocycles. The number of amides is 4. The van der Waals surface area contributed by atoms with Crippen molar-refractivity contribution in [3.05, 3.63) is 77.6 Å². The van der Waals surface area contributed by atoms with E-state index in [-0.39, 0.29) is 5.75 Å². The summed E-state index contributed by atoms with van der Waals surface area (Å²) in [5.41, 5.74) is 3.04. The van der Waals surface area contributed by atoms with E-state index in [1.807, 2.05) is 54.8 Å². The Bertz CT molecular complexity index is 1180. The first-order chi connectivity index (χ1) is 16.5. The van der Waals surface area contributed by atoms with Gasteiger partial charge in [-0.3, -0.25) is 15.0 Å². The number of benzene rings is 2. The van der Waals surface area contributed by atoms with Crippen LogP contribution in [0.3, 0.4) is 0 Å². The minimum absolute atomic E-state index is 0.0228. The molecule has 1 fully saturated rings. The van der Waals surface area contributed by atoms with E-state index in [9.17, 15) is 14.4 Å². The highest BCUT2D eigenvalue weighted by molar-refractivity contribution is 7.99. The van der Waals surface area contributed by atoms with Crippen molar-refractivity contribution in [3.63, 3.8) is 0 Å². The highest BCUT2D eigenvalue weighted by Gasteiger charge is 2.52. The molecule has 2 heterocycles. The van der Waals surface area contributed by atoms with Gasteiger partial charge < -0.3 is 9.88 Å². The molecule has 176 valence electrons. The fourth-order valence-corrected chi connectivity index (χ4v) is 4.79. The van der Waals surface area contributed by atoms with Crippen molar-refractivity contribution >= 4 is 29.6 Å². The molecule has 0 saturated carbocycles. The molecule has 1 aliphatic rings. The maximum absolute atomic E-state index is 13.2. The molecule has 0 aliphatic carbocycles. The minimum atomic E-state index is -1.20. The average Bonchev–Trinajstić information content (AvgIpc) is 3.36. The number of hydrogen-bond acceptors (Lipinski definition) is 6. The molecule has 1 saturated heterocycles. The zero-order valence-electron chi connectivity index (χ0n) is 19.0. The number of urea groups is 1. The van der Waals surface area contributed by atoms with Crippen LogP contribution in [0, 0.1) is 0 Å². The summed E-state index contributed by atoms with van der Waals surface area (Å²) in [6.07, 6.45) is 0.988. The number of rotatable bonds is 9. The summed E-state index contributed by atoms with van der Waals surface area (Å²) in [5.74, 6) is -0.207. The van der Waals surface area contributed by atoms with Gasteiger partial charge in [0.15, 0.2) is 5.16 Å². The van der Waals surface area contributed by atoms with Crippen LogP contribution >= 0.6 is 11.8 Å². The van der Waals surface area contributed by atoms with Gasteiger partial charge in [0.2, 0.25) is 5.91 Å². The Morgan fingerprint density at radius 3 is 2.35 bits per heavy atom. The lowest BCUT2D eigenvalue weighted by atomic mass is 9.87. The van der Waals surface area contributed by atoms with Crippen LogP contribution < -0.4 is 10.7 Å². The van der Waals surface area contributed by atoms with Gasteiger partial charge in [0, 0.05) is 13.0 Å². The molecule has 0 bridgehead atoms. The Hall–Kier alpha value is -3.66. The third kappa shape index (κ3) is 4.54. The van der Waals surface area contributed by atoms with Crippen LogP contribution in [0.1, 0.15) is 37.2 Å². The van der Waals surface area contributed by atoms with E-state index >= 15 is 0 Å². The molecule has 2 aromatic carbocycles. The van der Waals surface area contributed by atoms with Crippen molar-refractivity contribution in [2.45, 2.75) is 43.9 Å². The van der Waals surface area contributed by atoms with Gasteiger partial charge in [-0.2, -0.15) is 5.01 Å². The first kappa shape index (κ1) is 23.5. The lowest BCUT2D eigenvalue weighted by Crippen LogP contribution is -2.49. The Morgan fingerprint density at radius 2 is 1.71 bits per heavy atom. The number of hydrazine groups is 1. The van der Waals surface area contributed by atoms with Crippen LogP contribution in [0.2, 0.25) is 0 Å². The Balaban J connectivity index is 1.41. The molecular weight excluding hydrogens is 452 g/mol. The summed E-state index contributed by atoms with van der Waals surface area (Å²) in [5, 5.41) is 12.6. The number of imide groups is 1. The predicted molar refractivity (Wildman–Crippen MR) is 128 cm³/mol. The number of nitrogens with one attached hydrogen (secondary N) is 2. The fraction of sp³-hybridized carbons (Fsp3) is 0.292. The predicted octanol–water partition coefficient (Wildman–Crippen LogP) is 2.87. The summed E-state index contributed by atoms with van der Waals surface area (Å²) in [6.45, 7) is 4.46. The van der Waals surface area contributed by atoms with Crippen LogP contribution in [-0.4, -0.2) is 43.4 Å². The third-order valence-corrected chi connectivity index (χ3v) is 6.74. The number of hydrogen-bond donors (Lipinski definition) is 2. The van der Waals surface area contributed by atoms with E-state index in [0.29, 0.717) is 30.1 Å². The van der Waals surface area contributed by atoms with Crippen LogP contribution in [0.15, 0.2) is 65.8 Å². The molecule has 2 N–H and O–H groups in total. The lowest BCUT2D eigenvalue weighted by Gasteiger charge is -2.25. The van der Waals surface area contributed by atoms with Gasteiger partial charge in [0.1, 0.15) is 11.4 Å². The lowest BCUT2D eigenvalue weighted by molar-refractivity contribution is -0.138. The van der Waals surface area contributed by atoms with Gasteiger partial charge in [-0.15, -0.1) is 10.2 Å². The smallest absolute Gasteiger partial charge is 0.318 e. The van der Waals surface area contributed by atoms with E-state index in [2.05, 4.69) is 20.9 Å². The van der Waals surface area contributed by atoms with E-state index in [1.165, 1.54) is 11.8 Å². The number of nitrogens with zero attached hydrogens (tertiary/aromatic N) is 4. The number of aromatic nitrogens is 3. The molecule has 9 nitrogen and oxygen atoms in total. The largest absolute Gasteiger partial charge is 0.344 e. The van der Waals surface area contributed by atoms with E-state index in [1.54, 1.807) is 24.3 Å². The SMILES string of the molecule is CCn1c(Cc2ccccc2)nnc1SCC(=O)NN1C(=O)NC(CC)(c2ccccc2)C1=O. The Morgan fingerprint density at radius 1 is 1.03 bits per heavy atom. The van der Waals surface area contributed by atoms with Crippen LogP contribution in [-0.2, 0) is 28.1 Å². The molecule has 0 radical (unpaired) electrons. The molecule has 34 heavy (non-hydrogen) atoms. The Kier molecular flexibility index (Phi) is 6.97. The van der Waals surface area contributed by atoms with E-state index < -0.39 is 23.4 Å². The minimum Gasteiger partial charge on any atom is -0.318 e. The van der Waals surface area contributed by atoms with Gasteiger partial charge in [-0.05, 0) is 24.5 Å². The third-order valence-electron chi connectivity index (χ3n) is 5.77. The zero-order chi connectivity index (χ0) is 24.1. The monoisotopic (exact) mass is 478 g/mol. The maximum Gasteiger partial charge on any atom is 0.344 e. The van der Waals surface area contributed by atoms with Crippen LogP contribution in [0.5, 0.6) is 0 Å².